The lowest BCUT2D eigenvalue weighted by Crippen LogP contribution is -2.03. The van der Waals surface area contributed by atoms with Gasteiger partial charge in [0.1, 0.15) is 17.5 Å². The highest BCUT2D eigenvalue weighted by Gasteiger charge is 2.19. The van der Waals surface area contributed by atoms with Crippen LogP contribution in [-0.4, -0.2) is 29.9 Å². The first-order valence-corrected chi connectivity index (χ1v) is 6.94. The summed E-state index contributed by atoms with van der Waals surface area (Å²) in [6.45, 7) is 1.78. The van der Waals surface area contributed by atoms with Crippen LogP contribution in [0.4, 0.5) is 0 Å². The zero-order valence-electron chi connectivity index (χ0n) is 9.80. The molecule has 0 aliphatic rings. The summed E-state index contributed by atoms with van der Waals surface area (Å²) < 4.78 is 23.4. The summed E-state index contributed by atoms with van der Waals surface area (Å²) in [5, 5.41) is 15.4. The van der Waals surface area contributed by atoms with Crippen LogP contribution in [0.1, 0.15) is 11.3 Å². The molecule has 6 nitrogen and oxygen atoms in total. The number of nitrogens with zero attached hydrogens (tertiary/aromatic N) is 3. The van der Waals surface area contributed by atoms with E-state index < -0.39 is 9.84 Å². The van der Waals surface area contributed by atoms with Crippen LogP contribution in [-0.2, 0) is 9.84 Å². The molecule has 0 aliphatic carbocycles. The molecule has 2 aromatic heterocycles. The number of aromatic nitrogens is 3. The van der Waals surface area contributed by atoms with Gasteiger partial charge in [-0.1, -0.05) is 0 Å². The Morgan fingerprint density at radius 3 is 2.61 bits per heavy atom. The summed E-state index contributed by atoms with van der Waals surface area (Å²) in [6, 6.07) is 4.65. The van der Waals surface area contributed by atoms with Crippen molar-refractivity contribution in [3.63, 3.8) is 0 Å². The molecule has 0 aromatic carbocycles. The molecule has 92 valence electrons. The highest BCUT2D eigenvalue weighted by molar-refractivity contribution is 7.90. The maximum Gasteiger partial charge on any atom is 0.177 e. The number of pyridine rings is 1. The smallest absolute Gasteiger partial charge is 0.177 e. The van der Waals surface area contributed by atoms with Gasteiger partial charge >= 0.3 is 0 Å². The van der Waals surface area contributed by atoms with Gasteiger partial charge in [0.2, 0.25) is 0 Å². The van der Waals surface area contributed by atoms with Crippen molar-refractivity contribution in [3.05, 3.63) is 29.6 Å². The fourth-order valence-corrected chi connectivity index (χ4v) is 2.39. The van der Waals surface area contributed by atoms with Gasteiger partial charge in [-0.05, 0) is 24.6 Å². The maximum absolute atomic E-state index is 11.7. The summed E-state index contributed by atoms with van der Waals surface area (Å²) in [5.41, 5.74) is 1.66. The number of sulfone groups is 1. The Morgan fingerprint density at radius 1 is 1.39 bits per heavy atom. The zero-order valence-corrected chi connectivity index (χ0v) is 10.6. The molecule has 1 N–H and O–H groups in total. The Balaban J connectivity index is 2.79. The first-order valence-electron chi connectivity index (χ1n) is 5.05. The van der Waals surface area contributed by atoms with E-state index in [1.165, 1.54) is 12.1 Å². The van der Waals surface area contributed by atoms with Crippen molar-refractivity contribution < 1.29 is 8.42 Å². The molecule has 2 aromatic rings. The van der Waals surface area contributed by atoms with E-state index in [2.05, 4.69) is 15.2 Å². The van der Waals surface area contributed by atoms with Crippen molar-refractivity contribution in [2.45, 2.75) is 11.8 Å². The van der Waals surface area contributed by atoms with Gasteiger partial charge in [-0.15, -0.1) is 0 Å². The normalized spacial score (nSPS) is 11.2. The van der Waals surface area contributed by atoms with E-state index in [9.17, 15) is 8.42 Å². The second kappa shape index (κ2) is 4.23. The lowest BCUT2D eigenvalue weighted by molar-refractivity contribution is 0.601. The molecule has 0 fully saturated rings. The Bertz CT molecular complexity index is 741. The number of aryl methyl sites for hydroxylation is 1. The quantitative estimate of drug-likeness (QED) is 0.872. The third-order valence-corrected chi connectivity index (χ3v) is 3.57. The number of nitriles is 1. The molecule has 0 bridgehead atoms. The van der Waals surface area contributed by atoms with E-state index in [-0.39, 0.29) is 16.3 Å². The van der Waals surface area contributed by atoms with Crippen LogP contribution in [0.25, 0.3) is 11.4 Å². The Labute approximate surface area is 104 Å². The monoisotopic (exact) mass is 262 g/mol. The van der Waals surface area contributed by atoms with E-state index in [0.29, 0.717) is 5.69 Å². The third-order valence-electron chi connectivity index (χ3n) is 2.44. The summed E-state index contributed by atoms with van der Waals surface area (Å²) >= 11 is 0. The van der Waals surface area contributed by atoms with E-state index in [1.54, 1.807) is 13.1 Å². The molecule has 0 saturated heterocycles. The zero-order chi connectivity index (χ0) is 13.3. The minimum atomic E-state index is -3.42. The van der Waals surface area contributed by atoms with Crippen molar-refractivity contribution in [3.8, 4) is 17.5 Å². The lowest BCUT2D eigenvalue weighted by atomic mass is 10.2. The number of H-pyrrole nitrogens is 1. The topological polar surface area (TPSA) is 99.5 Å². The molecule has 2 heterocycles. The number of hydrogen-bond acceptors (Lipinski definition) is 5. The van der Waals surface area contributed by atoms with E-state index in [0.717, 1.165) is 11.8 Å². The first-order chi connectivity index (χ1) is 8.43. The molecule has 2 rings (SSSR count). The van der Waals surface area contributed by atoms with Gasteiger partial charge in [-0.2, -0.15) is 10.4 Å². The largest absolute Gasteiger partial charge is 0.276 e. The molecule has 0 saturated carbocycles. The van der Waals surface area contributed by atoms with Crippen LogP contribution in [0.2, 0.25) is 0 Å². The molecule has 0 radical (unpaired) electrons. The van der Waals surface area contributed by atoms with Crippen LogP contribution in [0.5, 0.6) is 0 Å². The summed E-state index contributed by atoms with van der Waals surface area (Å²) in [6.07, 6.45) is 2.67. The second-order valence-electron chi connectivity index (χ2n) is 3.86. The molecule has 0 unspecified atom stereocenters. The van der Waals surface area contributed by atoms with Crippen molar-refractivity contribution in [1.82, 2.24) is 15.2 Å². The van der Waals surface area contributed by atoms with Gasteiger partial charge in [0.15, 0.2) is 9.84 Å². The van der Waals surface area contributed by atoms with Crippen LogP contribution in [0.15, 0.2) is 23.2 Å². The van der Waals surface area contributed by atoms with E-state index in [4.69, 9.17) is 5.26 Å². The molecule has 0 amide bonds. The van der Waals surface area contributed by atoms with Gasteiger partial charge < -0.3 is 0 Å². The van der Waals surface area contributed by atoms with Crippen LogP contribution in [0.3, 0.4) is 0 Å². The fraction of sp³-hybridized carbons (Fsp3) is 0.182. The number of rotatable bonds is 2. The molecule has 18 heavy (non-hydrogen) atoms. The van der Waals surface area contributed by atoms with Gasteiger partial charge in [-0.25, -0.2) is 13.4 Å². The minimum Gasteiger partial charge on any atom is -0.276 e. The van der Waals surface area contributed by atoms with Crippen LogP contribution in [0, 0.1) is 18.3 Å². The molecule has 0 aliphatic heterocycles. The first kappa shape index (κ1) is 12.3. The molecule has 7 heteroatoms. The molecular weight excluding hydrogens is 252 g/mol. The van der Waals surface area contributed by atoms with Crippen molar-refractivity contribution >= 4 is 9.84 Å². The van der Waals surface area contributed by atoms with Crippen molar-refractivity contribution in [2.75, 3.05) is 6.26 Å². The fourth-order valence-electron chi connectivity index (χ4n) is 1.57. The Kier molecular flexibility index (Phi) is 2.88. The Morgan fingerprint density at radius 2 is 2.11 bits per heavy atom. The van der Waals surface area contributed by atoms with Crippen LogP contribution >= 0.6 is 0 Å². The highest BCUT2D eigenvalue weighted by atomic mass is 32.2. The average molecular weight is 262 g/mol. The summed E-state index contributed by atoms with van der Waals surface area (Å²) in [5.74, 6) is 0. The van der Waals surface area contributed by atoms with E-state index in [1.807, 2.05) is 6.07 Å². The molecule has 0 atom stereocenters. The second-order valence-corrected chi connectivity index (χ2v) is 5.84. The van der Waals surface area contributed by atoms with Gasteiger partial charge in [-0.3, -0.25) is 5.10 Å². The van der Waals surface area contributed by atoms with Crippen LogP contribution < -0.4 is 0 Å². The number of aromatic amines is 1. The average Bonchev–Trinajstić information content (AvgIpc) is 2.73. The minimum absolute atomic E-state index is 0.0776. The van der Waals surface area contributed by atoms with Crippen molar-refractivity contribution in [1.29, 1.82) is 5.26 Å². The number of hydrogen-bond donors (Lipinski definition) is 1. The third kappa shape index (κ3) is 2.10. The van der Waals surface area contributed by atoms with Crippen molar-refractivity contribution in [2.24, 2.45) is 0 Å². The summed E-state index contributed by atoms with van der Waals surface area (Å²) in [4.78, 5) is 4.13. The lowest BCUT2D eigenvalue weighted by Gasteiger charge is -2.06. The molecular formula is C11H10N4O2S. The standard InChI is InChI=1S/C11H10N4O2S/c1-7-6-13-15-10(7)11-9(18(2,16)17)4-3-8(5-12)14-11/h3-4,6H,1-2H3,(H,13,15). The highest BCUT2D eigenvalue weighted by Crippen LogP contribution is 2.26. The molecule has 0 spiro atoms. The van der Waals surface area contributed by atoms with Gasteiger partial charge in [0.05, 0.1) is 16.8 Å². The maximum atomic E-state index is 11.7. The SMILES string of the molecule is Cc1cn[nH]c1-c1nc(C#N)ccc1S(C)(=O)=O. The predicted molar refractivity (Wildman–Crippen MR) is 64.4 cm³/mol. The van der Waals surface area contributed by atoms with E-state index >= 15 is 0 Å². The predicted octanol–water partition coefficient (Wildman–Crippen LogP) is 1.06. The van der Waals surface area contributed by atoms with Gasteiger partial charge in [0.25, 0.3) is 0 Å². The number of nitrogens with one attached hydrogen (secondary N) is 1. The van der Waals surface area contributed by atoms with Gasteiger partial charge in [0, 0.05) is 6.26 Å². The Hall–Kier alpha value is -2.20. The summed E-state index contributed by atoms with van der Waals surface area (Å²) in [7, 11) is -3.42.